The van der Waals surface area contributed by atoms with E-state index in [1.54, 1.807) is 51.1 Å². The molecule has 1 N–H and O–H groups in total. The molecule has 2 aromatic carbocycles. The van der Waals surface area contributed by atoms with Gasteiger partial charge in [0.05, 0.1) is 17.9 Å². The lowest BCUT2D eigenvalue weighted by Crippen LogP contribution is -2.57. The van der Waals surface area contributed by atoms with Gasteiger partial charge < -0.3 is 24.5 Å². The molecule has 6 atom stereocenters. The number of unbranched alkanes of at least 4 members (excludes halogenated alkanes) is 2. The number of fused-ring (bicyclic) bond motifs is 1. The summed E-state index contributed by atoms with van der Waals surface area (Å²) in [5.74, 6) is -2.37. The Morgan fingerprint density at radius 2 is 1.63 bits per heavy atom. The Labute approximate surface area is 266 Å². The van der Waals surface area contributed by atoms with Crippen molar-refractivity contribution in [1.82, 2.24) is 4.90 Å². The van der Waals surface area contributed by atoms with E-state index < -0.39 is 29.6 Å². The van der Waals surface area contributed by atoms with Gasteiger partial charge in [-0.1, -0.05) is 57.9 Å². The minimum Gasteiger partial charge on any atom is -0.396 e. The normalized spacial score (nSPS) is 27.2. The molecule has 3 aliphatic heterocycles. The van der Waals surface area contributed by atoms with Gasteiger partial charge in [0.1, 0.15) is 11.6 Å². The number of halogens is 2. The Morgan fingerprint density at radius 1 is 1.00 bits per heavy atom. The molecule has 3 fully saturated rings. The molecule has 3 unspecified atom stereocenters. The number of para-hydroxylation sites is 1. The SMILES string of the molecule is C=CCN(C(=O)C1N(CCCCCO)C(=O)[C@@H]2[C@@H](C(=O)N(CC=C)c3ccccc3)[C@@H]3OC12CC3Br)c1ccc(Cl)cc1. The summed E-state index contributed by atoms with van der Waals surface area (Å²) in [5.41, 5.74) is 0.139. The van der Waals surface area contributed by atoms with Crippen LogP contribution in [0.1, 0.15) is 25.7 Å². The third-order valence-corrected chi connectivity index (χ3v) is 9.82. The summed E-state index contributed by atoms with van der Waals surface area (Å²) < 4.78 is 6.72. The number of nitrogens with zero attached hydrogens (tertiary/aromatic N) is 3. The maximum Gasteiger partial charge on any atom is 0.253 e. The van der Waals surface area contributed by atoms with Crippen LogP contribution < -0.4 is 9.80 Å². The van der Waals surface area contributed by atoms with E-state index in [-0.39, 0.29) is 42.2 Å². The van der Waals surface area contributed by atoms with Crippen molar-refractivity contribution in [1.29, 1.82) is 0 Å². The Balaban J connectivity index is 1.56. The smallest absolute Gasteiger partial charge is 0.253 e. The van der Waals surface area contributed by atoms with Crippen LogP contribution in [0.3, 0.4) is 0 Å². The third-order valence-electron chi connectivity index (χ3n) is 8.73. The van der Waals surface area contributed by atoms with Gasteiger partial charge in [0.15, 0.2) is 0 Å². The molecular weight excluding hydrogens is 634 g/mol. The van der Waals surface area contributed by atoms with Crippen molar-refractivity contribution in [2.45, 2.75) is 48.3 Å². The maximum absolute atomic E-state index is 14.6. The topological polar surface area (TPSA) is 90.4 Å². The Morgan fingerprint density at radius 3 is 2.26 bits per heavy atom. The number of anilines is 2. The highest BCUT2D eigenvalue weighted by Gasteiger charge is 2.76. The number of rotatable bonds is 13. The van der Waals surface area contributed by atoms with Crippen LogP contribution in [0.2, 0.25) is 5.02 Å². The zero-order valence-electron chi connectivity index (χ0n) is 24.0. The molecule has 1 spiro atoms. The number of aliphatic hydroxyl groups is 1. The number of carbonyl (C=O) groups excluding carboxylic acids is 3. The number of benzene rings is 2. The third kappa shape index (κ3) is 5.68. The zero-order chi connectivity index (χ0) is 30.7. The van der Waals surface area contributed by atoms with Crippen molar-refractivity contribution < 1.29 is 24.2 Å². The summed E-state index contributed by atoms with van der Waals surface area (Å²) in [5, 5.41) is 9.86. The van der Waals surface area contributed by atoms with Gasteiger partial charge in [-0.25, -0.2) is 0 Å². The minimum absolute atomic E-state index is 0.0534. The van der Waals surface area contributed by atoms with E-state index in [4.69, 9.17) is 16.3 Å². The molecule has 5 rings (SSSR count). The van der Waals surface area contributed by atoms with Crippen LogP contribution in [0.5, 0.6) is 0 Å². The number of aliphatic hydroxyl groups excluding tert-OH is 1. The highest BCUT2D eigenvalue weighted by molar-refractivity contribution is 9.09. The summed E-state index contributed by atoms with van der Waals surface area (Å²) in [6.07, 6.45) is 5.04. The first kappa shape index (κ1) is 31.4. The second-order valence-corrected chi connectivity index (χ2v) is 12.9. The molecular formula is C33H37BrClN3O5. The van der Waals surface area contributed by atoms with Crippen molar-refractivity contribution in [3.8, 4) is 0 Å². The predicted octanol–water partition coefficient (Wildman–Crippen LogP) is 4.99. The van der Waals surface area contributed by atoms with Crippen LogP contribution in [-0.2, 0) is 19.1 Å². The Hall–Kier alpha value is -2.98. The highest BCUT2D eigenvalue weighted by atomic mass is 79.9. The number of likely N-dealkylation sites (tertiary alicyclic amines) is 1. The van der Waals surface area contributed by atoms with Gasteiger partial charge in [-0.3, -0.25) is 14.4 Å². The molecule has 43 heavy (non-hydrogen) atoms. The first-order chi connectivity index (χ1) is 20.8. The number of carbonyl (C=O) groups is 3. The molecule has 2 aromatic rings. The van der Waals surface area contributed by atoms with E-state index in [1.165, 1.54) is 0 Å². The second kappa shape index (κ2) is 13.3. The van der Waals surface area contributed by atoms with Crippen LogP contribution in [0.4, 0.5) is 11.4 Å². The van der Waals surface area contributed by atoms with E-state index in [0.29, 0.717) is 48.6 Å². The van der Waals surface area contributed by atoms with Gasteiger partial charge in [0.25, 0.3) is 5.91 Å². The van der Waals surface area contributed by atoms with Crippen LogP contribution in [0.25, 0.3) is 0 Å². The summed E-state index contributed by atoms with van der Waals surface area (Å²) in [7, 11) is 0. The molecule has 8 nitrogen and oxygen atoms in total. The van der Waals surface area contributed by atoms with E-state index in [1.807, 2.05) is 30.3 Å². The minimum atomic E-state index is -1.19. The van der Waals surface area contributed by atoms with Crippen molar-refractivity contribution in [2.75, 3.05) is 36.0 Å². The molecule has 0 aliphatic carbocycles. The number of alkyl halides is 1. The highest BCUT2D eigenvalue weighted by Crippen LogP contribution is 2.60. The van der Waals surface area contributed by atoms with Crippen LogP contribution in [0.15, 0.2) is 79.9 Å². The lowest BCUT2D eigenvalue weighted by molar-refractivity contribution is -0.140. The van der Waals surface area contributed by atoms with Crippen LogP contribution in [0, 0.1) is 11.8 Å². The standard InChI is InChI=1S/C33H37BrClN3O5/c1-3-17-36(23-11-7-5-8-12-23)30(40)26-27-31(41)38(19-9-6-10-20-39)29(33(27)21-25(34)28(26)43-33)32(42)37(18-4-2)24-15-13-22(35)14-16-24/h3-5,7-8,11-16,25-29,39H,1-2,6,9-10,17-21H2/t25?,26-,27+,28-,29?,33?/m1/s1. The first-order valence-electron chi connectivity index (χ1n) is 14.7. The van der Waals surface area contributed by atoms with Gasteiger partial charge in [0, 0.05) is 47.5 Å². The number of hydrogen-bond donors (Lipinski definition) is 1. The van der Waals surface area contributed by atoms with E-state index >= 15 is 0 Å². The largest absolute Gasteiger partial charge is 0.396 e. The predicted molar refractivity (Wildman–Crippen MR) is 171 cm³/mol. The summed E-state index contributed by atoms with van der Waals surface area (Å²) in [6, 6.07) is 15.3. The molecule has 10 heteroatoms. The zero-order valence-corrected chi connectivity index (χ0v) is 26.3. The van der Waals surface area contributed by atoms with Gasteiger partial charge >= 0.3 is 0 Å². The maximum atomic E-state index is 14.6. The van der Waals surface area contributed by atoms with Gasteiger partial charge in [0.2, 0.25) is 11.8 Å². The molecule has 3 aliphatic rings. The van der Waals surface area contributed by atoms with E-state index in [0.717, 1.165) is 0 Å². The summed E-state index contributed by atoms with van der Waals surface area (Å²) in [6.45, 7) is 8.56. The van der Waals surface area contributed by atoms with Crippen molar-refractivity contribution in [2.24, 2.45) is 11.8 Å². The quantitative estimate of drug-likeness (QED) is 0.184. The van der Waals surface area contributed by atoms with E-state index in [9.17, 15) is 19.5 Å². The number of ether oxygens (including phenoxy) is 1. The van der Waals surface area contributed by atoms with Gasteiger partial charge in [-0.2, -0.15) is 0 Å². The fraction of sp³-hybridized carbons (Fsp3) is 0.424. The monoisotopic (exact) mass is 669 g/mol. The molecule has 0 aromatic heterocycles. The fourth-order valence-corrected chi connectivity index (χ4v) is 8.03. The molecule has 0 radical (unpaired) electrons. The van der Waals surface area contributed by atoms with Crippen molar-refractivity contribution >= 4 is 56.6 Å². The first-order valence-corrected chi connectivity index (χ1v) is 16.0. The average molecular weight is 671 g/mol. The second-order valence-electron chi connectivity index (χ2n) is 11.3. The Kier molecular flexibility index (Phi) is 9.76. The molecule has 2 bridgehead atoms. The van der Waals surface area contributed by atoms with E-state index in [2.05, 4.69) is 29.1 Å². The Bertz CT molecular complexity index is 1360. The average Bonchev–Trinajstić information content (AvgIpc) is 3.60. The fourth-order valence-electron chi connectivity index (χ4n) is 6.96. The molecule has 3 amide bonds. The van der Waals surface area contributed by atoms with Crippen LogP contribution in [-0.4, -0.2) is 76.5 Å². The number of amides is 3. The van der Waals surface area contributed by atoms with Crippen LogP contribution >= 0.6 is 27.5 Å². The molecule has 3 saturated heterocycles. The number of hydrogen-bond acceptors (Lipinski definition) is 5. The summed E-state index contributed by atoms with van der Waals surface area (Å²) in [4.78, 5) is 48.1. The lowest BCUT2D eigenvalue weighted by Gasteiger charge is -2.37. The lowest BCUT2D eigenvalue weighted by atomic mass is 9.70. The molecule has 228 valence electrons. The van der Waals surface area contributed by atoms with Crippen molar-refractivity contribution in [3.63, 3.8) is 0 Å². The van der Waals surface area contributed by atoms with Crippen molar-refractivity contribution in [3.05, 3.63) is 84.9 Å². The molecule has 3 heterocycles. The molecule has 0 saturated carbocycles. The van der Waals surface area contributed by atoms with Gasteiger partial charge in [-0.15, -0.1) is 13.2 Å². The van der Waals surface area contributed by atoms with Gasteiger partial charge in [-0.05, 0) is 62.1 Å². The summed E-state index contributed by atoms with van der Waals surface area (Å²) >= 11 is 9.90.